The largest absolute Gasteiger partial charge is 0.478 e. The highest BCUT2D eigenvalue weighted by molar-refractivity contribution is 5.82. The lowest BCUT2D eigenvalue weighted by molar-refractivity contribution is -0.143. The Balaban J connectivity index is 1.43. The Morgan fingerprint density at radius 1 is 1.19 bits per heavy atom. The normalized spacial score (nSPS) is 15.7. The van der Waals surface area contributed by atoms with E-state index in [9.17, 15) is 9.18 Å². The van der Waals surface area contributed by atoms with Crippen molar-refractivity contribution in [3.63, 3.8) is 0 Å². The predicted octanol–water partition coefficient (Wildman–Crippen LogP) is 3.33. The lowest BCUT2D eigenvalue weighted by atomic mass is 10.1. The van der Waals surface area contributed by atoms with E-state index in [2.05, 4.69) is 9.55 Å². The molecule has 0 radical (unpaired) electrons. The molecule has 1 aromatic heterocycles. The number of ether oxygens (including phenoxy) is 1. The van der Waals surface area contributed by atoms with E-state index in [1.165, 1.54) is 12.1 Å². The van der Waals surface area contributed by atoms with Gasteiger partial charge < -0.3 is 14.2 Å². The number of aryl methyl sites for hydroxylation is 1. The topological polar surface area (TPSA) is 47.4 Å². The van der Waals surface area contributed by atoms with E-state index in [0.717, 1.165) is 16.9 Å². The molecule has 3 aromatic rings. The third-order valence-corrected chi connectivity index (χ3v) is 4.80. The lowest BCUT2D eigenvalue weighted by Gasteiger charge is -2.41. The Kier molecular flexibility index (Phi) is 4.11. The summed E-state index contributed by atoms with van der Waals surface area (Å²) in [5.74, 6) is 0.446. The van der Waals surface area contributed by atoms with Gasteiger partial charge in [-0.25, -0.2) is 9.37 Å². The number of likely N-dealkylation sites (tertiary alicyclic amines) is 1. The minimum absolute atomic E-state index is 0.0990. The third kappa shape index (κ3) is 2.81. The molecule has 0 N–H and O–H groups in total. The molecule has 0 bridgehead atoms. The van der Waals surface area contributed by atoms with Crippen LogP contribution in [0.1, 0.15) is 18.8 Å². The SMILES string of the molecule is Cc1nc2ccccc2n1C1CN(C(=O)C(C)Oc2ccccc2F)C1. The van der Waals surface area contributed by atoms with Gasteiger partial charge in [-0.15, -0.1) is 0 Å². The minimum Gasteiger partial charge on any atom is -0.478 e. The summed E-state index contributed by atoms with van der Waals surface area (Å²) in [7, 11) is 0. The zero-order chi connectivity index (χ0) is 18.3. The summed E-state index contributed by atoms with van der Waals surface area (Å²) in [5.41, 5.74) is 2.05. The van der Waals surface area contributed by atoms with Crippen LogP contribution in [0.3, 0.4) is 0 Å². The molecule has 1 unspecified atom stereocenters. The van der Waals surface area contributed by atoms with E-state index in [0.29, 0.717) is 13.1 Å². The van der Waals surface area contributed by atoms with Gasteiger partial charge in [0.15, 0.2) is 17.7 Å². The van der Waals surface area contributed by atoms with Crippen LogP contribution < -0.4 is 4.74 Å². The van der Waals surface area contributed by atoms with E-state index in [1.807, 2.05) is 31.2 Å². The van der Waals surface area contributed by atoms with Crippen molar-refractivity contribution in [2.45, 2.75) is 26.0 Å². The second kappa shape index (κ2) is 6.44. The molecule has 1 amide bonds. The number of halogens is 1. The summed E-state index contributed by atoms with van der Waals surface area (Å²) >= 11 is 0. The average Bonchev–Trinajstić information content (AvgIpc) is 2.92. The maximum Gasteiger partial charge on any atom is 0.263 e. The van der Waals surface area contributed by atoms with E-state index in [4.69, 9.17) is 4.74 Å². The molecule has 0 spiro atoms. The van der Waals surface area contributed by atoms with E-state index >= 15 is 0 Å². The maximum absolute atomic E-state index is 13.7. The molecule has 1 aliphatic heterocycles. The van der Waals surface area contributed by atoms with Gasteiger partial charge in [-0.3, -0.25) is 4.79 Å². The van der Waals surface area contributed by atoms with Crippen molar-refractivity contribution in [3.8, 4) is 5.75 Å². The van der Waals surface area contributed by atoms with Crippen LogP contribution in [0.4, 0.5) is 4.39 Å². The fourth-order valence-corrected chi connectivity index (χ4v) is 3.46. The molecular formula is C20H20FN3O2. The smallest absolute Gasteiger partial charge is 0.263 e. The molecule has 4 rings (SSSR count). The molecule has 5 nitrogen and oxygen atoms in total. The van der Waals surface area contributed by atoms with Gasteiger partial charge in [0.05, 0.1) is 17.1 Å². The van der Waals surface area contributed by atoms with Crippen molar-refractivity contribution < 1.29 is 13.9 Å². The molecule has 1 fully saturated rings. The number of nitrogens with zero attached hydrogens (tertiary/aromatic N) is 3. The van der Waals surface area contributed by atoms with Gasteiger partial charge >= 0.3 is 0 Å². The highest BCUT2D eigenvalue weighted by Crippen LogP contribution is 2.28. The maximum atomic E-state index is 13.7. The molecule has 1 saturated heterocycles. The summed E-state index contributed by atoms with van der Waals surface area (Å²) in [4.78, 5) is 18.9. The predicted molar refractivity (Wildman–Crippen MR) is 96.6 cm³/mol. The quantitative estimate of drug-likeness (QED) is 0.723. The number of para-hydroxylation sites is 3. The van der Waals surface area contributed by atoms with E-state index in [-0.39, 0.29) is 17.7 Å². The number of aromatic nitrogens is 2. The Bertz CT molecular complexity index is 963. The van der Waals surface area contributed by atoms with Gasteiger partial charge in [0, 0.05) is 13.1 Å². The van der Waals surface area contributed by atoms with E-state index in [1.54, 1.807) is 24.0 Å². The first-order valence-electron chi connectivity index (χ1n) is 8.68. The van der Waals surface area contributed by atoms with Gasteiger partial charge in [0.25, 0.3) is 5.91 Å². The van der Waals surface area contributed by atoms with Gasteiger partial charge in [-0.05, 0) is 38.1 Å². The lowest BCUT2D eigenvalue weighted by Crippen LogP contribution is -2.54. The van der Waals surface area contributed by atoms with Crippen LogP contribution in [0.5, 0.6) is 5.75 Å². The number of amides is 1. The highest BCUT2D eigenvalue weighted by Gasteiger charge is 2.36. The first-order valence-corrected chi connectivity index (χ1v) is 8.68. The van der Waals surface area contributed by atoms with E-state index < -0.39 is 11.9 Å². The van der Waals surface area contributed by atoms with Crippen molar-refractivity contribution in [2.24, 2.45) is 0 Å². The Morgan fingerprint density at radius 2 is 1.88 bits per heavy atom. The van der Waals surface area contributed by atoms with Gasteiger partial charge in [-0.1, -0.05) is 24.3 Å². The van der Waals surface area contributed by atoms with Gasteiger partial charge in [0.2, 0.25) is 0 Å². The number of benzene rings is 2. The number of carbonyl (C=O) groups excluding carboxylic acids is 1. The second-order valence-electron chi connectivity index (χ2n) is 6.61. The van der Waals surface area contributed by atoms with Crippen molar-refractivity contribution in [3.05, 3.63) is 60.2 Å². The van der Waals surface area contributed by atoms with Crippen molar-refractivity contribution in [2.75, 3.05) is 13.1 Å². The summed E-state index contributed by atoms with van der Waals surface area (Å²) in [6.07, 6.45) is -0.728. The number of hydrogen-bond acceptors (Lipinski definition) is 3. The number of carbonyl (C=O) groups is 1. The standard InChI is InChI=1S/C20H20FN3O2/c1-13(26-19-10-6-3-7-16(19)21)20(25)23-11-15(12-23)24-14(2)22-17-8-4-5-9-18(17)24/h3-10,13,15H,11-12H2,1-2H3. The Labute approximate surface area is 151 Å². The minimum atomic E-state index is -0.728. The molecule has 1 atom stereocenters. The Hall–Kier alpha value is -2.89. The molecule has 2 aromatic carbocycles. The van der Waals surface area contributed by atoms with Gasteiger partial charge in [0.1, 0.15) is 5.82 Å². The molecule has 0 saturated carbocycles. The van der Waals surface area contributed by atoms with Crippen LogP contribution in [0, 0.1) is 12.7 Å². The molecule has 1 aliphatic rings. The number of rotatable bonds is 4. The number of imidazole rings is 1. The summed E-state index contributed by atoms with van der Waals surface area (Å²) in [6.45, 7) is 4.84. The van der Waals surface area contributed by atoms with Crippen LogP contribution in [0.25, 0.3) is 11.0 Å². The summed E-state index contributed by atoms with van der Waals surface area (Å²) < 4.78 is 21.4. The van der Waals surface area contributed by atoms with Crippen LogP contribution in [-0.4, -0.2) is 39.6 Å². The molecule has 0 aliphatic carbocycles. The molecule has 26 heavy (non-hydrogen) atoms. The van der Waals surface area contributed by atoms with Crippen molar-refractivity contribution in [1.29, 1.82) is 0 Å². The van der Waals surface area contributed by atoms with Gasteiger partial charge in [-0.2, -0.15) is 0 Å². The number of hydrogen-bond donors (Lipinski definition) is 0. The average molecular weight is 353 g/mol. The second-order valence-corrected chi connectivity index (χ2v) is 6.61. The zero-order valence-electron chi connectivity index (χ0n) is 14.7. The Morgan fingerprint density at radius 3 is 2.65 bits per heavy atom. The first-order chi connectivity index (χ1) is 12.5. The zero-order valence-corrected chi connectivity index (χ0v) is 14.7. The third-order valence-electron chi connectivity index (χ3n) is 4.80. The monoisotopic (exact) mass is 353 g/mol. The number of fused-ring (bicyclic) bond motifs is 1. The van der Waals surface area contributed by atoms with Crippen LogP contribution in [0.2, 0.25) is 0 Å². The molecule has 6 heteroatoms. The van der Waals surface area contributed by atoms with Crippen LogP contribution in [0.15, 0.2) is 48.5 Å². The van der Waals surface area contributed by atoms with Crippen molar-refractivity contribution >= 4 is 16.9 Å². The van der Waals surface area contributed by atoms with Crippen LogP contribution in [-0.2, 0) is 4.79 Å². The summed E-state index contributed by atoms with van der Waals surface area (Å²) in [5, 5.41) is 0. The highest BCUT2D eigenvalue weighted by atomic mass is 19.1. The van der Waals surface area contributed by atoms with Crippen molar-refractivity contribution in [1.82, 2.24) is 14.5 Å². The fraction of sp³-hybridized carbons (Fsp3) is 0.300. The van der Waals surface area contributed by atoms with Crippen LogP contribution >= 0.6 is 0 Å². The molecule has 2 heterocycles. The first kappa shape index (κ1) is 16.6. The molecule has 134 valence electrons. The molecular weight excluding hydrogens is 333 g/mol. The fourth-order valence-electron chi connectivity index (χ4n) is 3.46. The summed E-state index contributed by atoms with van der Waals surface area (Å²) in [6, 6.07) is 14.3.